The van der Waals surface area contributed by atoms with Crippen LogP contribution in [-0.4, -0.2) is 21.1 Å². The van der Waals surface area contributed by atoms with Gasteiger partial charge in [0.15, 0.2) is 5.69 Å². The van der Waals surface area contributed by atoms with Crippen LogP contribution >= 0.6 is 0 Å². The van der Waals surface area contributed by atoms with Gasteiger partial charge in [-0.2, -0.15) is 0 Å². The third kappa shape index (κ3) is 1.97. The van der Waals surface area contributed by atoms with Crippen molar-refractivity contribution >= 4 is 17.6 Å². The fourth-order valence-electron chi connectivity index (χ4n) is 1.11. The molecular formula is C9H9N5O2. The zero-order valence-corrected chi connectivity index (χ0v) is 8.47. The van der Waals surface area contributed by atoms with Crippen LogP contribution in [0.1, 0.15) is 16.4 Å². The van der Waals surface area contributed by atoms with Gasteiger partial charge in [0.25, 0.3) is 5.91 Å². The molecule has 0 spiro atoms. The predicted octanol–water partition coefficient (Wildman–Crippen LogP) is 0.608. The minimum absolute atomic E-state index is 0.0209. The lowest BCUT2D eigenvalue weighted by atomic mass is 10.3. The average Bonchev–Trinajstić information content (AvgIpc) is 2.64. The Labute approximate surface area is 90.7 Å². The molecule has 2 rings (SSSR count). The maximum absolute atomic E-state index is 11.7. The number of aryl methyl sites for hydroxylation is 1. The van der Waals surface area contributed by atoms with Crippen molar-refractivity contribution in [1.29, 1.82) is 0 Å². The number of amides is 1. The van der Waals surface area contributed by atoms with Gasteiger partial charge in [-0.05, 0) is 12.1 Å². The molecule has 0 radical (unpaired) electrons. The van der Waals surface area contributed by atoms with Gasteiger partial charge in [-0.1, -0.05) is 5.10 Å². The van der Waals surface area contributed by atoms with E-state index in [-0.39, 0.29) is 17.4 Å². The largest absolute Gasteiger partial charge is 0.408 e. The van der Waals surface area contributed by atoms with Gasteiger partial charge >= 0.3 is 6.01 Å². The molecule has 2 aromatic rings. The van der Waals surface area contributed by atoms with Crippen LogP contribution in [0.2, 0.25) is 0 Å². The summed E-state index contributed by atoms with van der Waals surface area (Å²) in [6.45, 7) is 1.62. The van der Waals surface area contributed by atoms with Crippen molar-refractivity contribution in [2.24, 2.45) is 0 Å². The van der Waals surface area contributed by atoms with E-state index in [2.05, 4.69) is 20.5 Å². The number of nitrogens with one attached hydrogen (secondary N) is 1. The Hall–Kier alpha value is -2.44. The van der Waals surface area contributed by atoms with Gasteiger partial charge in [-0.3, -0.25) is 10.1 Å². The highest BCUT2D eigenvalue weighted by molar-refractivity contribution is 6.05. The van der Waals surface area contributed by atoms with Gasteiger partial charge in [0.05, 0.1) is 5.69 Å². The van der Waals surface area contributed by atoms with E-state index in [1.54, 1.807) is 19.1 Å². The lowest BCUT2D eigenvalue weighted by Gasteiger charge is -2.01. The third-order valence-electron chi connectivity index (χ3n) is 1.80. The summed E-state index contributed by atoms with van der Waals surface area (Å²) >= 11 is 0. The van der Waals surface area contributed by atoms with Crippen LogP contribution in [0.15, 0.2) is 22.7 Å². The SMILES string of the molecule is Cc1nnc(NC(=O)c2ncccc2N)o1. The van der Waals surface area contributed by atoms with Gasteiger partial charge in [0.1, 0.15) is 0 Å². The van der Waals surface area contributed by atoms with Crippen molar-refractivity contribution in [2.75, 3.05) is 11.1 Å². The molecule has 0 bridgehead atoms. The summed E-state index contributed by atoms with van der Waals surface area (Å²) in [7, 11) is 0. The molecule has 0 saturated heterocycles. The fraction of sp³-hybridized carbons (Fsp3) is 0.111. The Morgan fingerprint density at radius 3 is 2.94 bits per heavy atom. The quantitative estimate of drug-likeness (QED) is 0.766. The molecule has 0 aromatic carbocycles. The molecule has 7 nitrogen and oxygen atoms in total. The standard InChI is InChI=1S/C9H9N5O2/c1-5-13-14-9(16-5)12-8(15)7-6(10)3-2-4-11-7/h2-4H,10H2,1H3,(H,12,14,15). The molecule has 2 aromatic heterocycles. The van der Waals surface area contributed by atoms with Crippen molar-refractivity contribution in [3.05, 3.63) is 29.9 Å². The number of hydrogen-bond donors (Lipinski definition) is 2. The highest BCUT2D eigenvalue weighted by Crippen LogP contribution is 2.10. The Morgan fingerprint density at radius 2 is 2.31 bits per heavy atom. The van der Waals surface area contributed by atoms with Crippen molar-refractivity contribution in [3.63, 3.8) is 0 Å². The van der Waals surface area contributed by atoms with Crippen LogP contribution < -0.4 is 11.1 Å². The van der Waals surface area contributed by atoms with Crippen molar-refractivity contribution < 1.29 is 9.21 Å². The number of nitrogens with two attached hydrogens (primary N) is 1. The van der Waals surface area contributed by atoms with E-state index >= 15 is 0 Å². The average molecular weight is 219 g/mol. The van der Waals surface area contributed by atoms with E-state index in [1.807, 2.05) is 0 Å². The Bertz CT molecular complexity index is 522. The van der Waals surface area contributed by atoms with Crippen LogP contribution in [0.3, 0.4) is 0 Å². The smallest absolute Gasteiger partial charge is 0.322 e. The van der Waals surface area contributed by atoms with Crippen LogP contribution in [0.5, 0.6) is 0 Å². The number of pyridine rings is 1. The van der Waals surface area contributed by atoms with E-state index in [0.717, 1.165) is 0 Å². The number of hydrogen-bond acceptors (Lipinski definition) is 6. The number of nitrogens with zero attached hydrogens (tertiary/aromatic N) is 3. The molecule has 0 unspecified atom stereocenters. The first-order valence-electron chi connectivity index (χ1n) is 4.49. The lowest BCUT2D eigenvalue weighted by molar-refractivity contribution is 0.102. The van der Waals surface area contributed by atoms with Crippen LogP contribution in [0.4, 0.5) is 11.7 Å². The highest BCUT2D eigenvalue weighted by Gasteiger charge is 2.13. The molecule has 82 valence electrons. The van der Waals surface area contributed by atoms with E-state index in [9.17, 15) is 4.79 Å². The van der Waals surface area contributed by atoms with Crippen molar-refractivity contribution in [1.82, 2.24) is 15.2 Å². The zero-order chi connectivity index (χ0) is 11.5. The summed E-state index contributed by atoms with van der Waals surface area (Å²) in [6.07, 6.45) is 1.48. The Balaban J connectivity index is 2.18. The predicted molar refractivity (Wildman–Crippen MR) is 55.6 cm³/mol. The maximum Gasteiger partial charge on any atom is 0.322 e. The summed E-state index contributed by atoms with van der Waals surface area (Å²) < 4.78 is 4.99. The molecule has 3 N–H and O–H groups in total. The second-order valence-corrected chi connectivity index (χ2v) is 3.02. The van der Waals surface area contributed by atoms with E-state index < -0.39 is 5.91 Å². The molecular weight excluding hydrogens is 210 g/mol. The lowest BCUT2D eigenvalue weighted by Crippen LogP contribution is -2.15. The number of aromatic nitrogens is 3. The fourth-order valence-corrected chi connectivity index (χ4v) is 1.11. The van der Waals surface area contributed by atoms with Gasteiger partial charge in [-0.25, -0.2) is 4.98 Å². The molecule has 2 heterocycles. The summed E-state index contributed by atoms with van der Waals surface area (Å²) in [5.74, 6) is -0.119. The molecule has 16 heavy (non-hydrogen) atoms. The molecule has 0 aliphatic rings. The highest BCUT2D eigenvalue weighted by atomic mass is 16.4. The molecule has 7 heteroatoms. The summed E-state index contributed by atoms with van der Waals surface area (Å²) in [5, 5.41) is 9.59. The van der Waals surface area contributed by atoms with Gasteiger partial charge in [-0.15, -0.1) is 5.10 Å². The second kappa shape index (κ2) is 3.97. The van der Waals surface area contributed by atoms with Crippen molar-refractivity contribution in [3.8, 4) is 0 Å². The first kappa shape index (κ1) is 10.1. The number of anilines is 2. The number of rotatable bonds is 2. The van der Waals surface area contributed by atoms with Gasteiger partial charge in [0.2, 0.25) is 5.89 Å². The summed E-state index contributed by atoms with van der Waals surface area (Å²) in [4.78, 5) is 15.5. The minimum Gasteiger partial charge on any atom is -0.408 e. The van der Waals surface area contributed by atoms with Gasteiger partial charge in [0, 0.05) is 13.1 Å². The first-order chi connectivity index (χ1) is 7.66. The van der Waals surface area contributed by atoms with Crippen LogP contribution in [-0.2, 0) is 0 Å². The summed E-state index contributed by atoms with van der Waals surface area (Å²) in [5.41, 5.74) is 6.00. The molecule has 0 aliphatic heterocycles. The monoisotopic (exact) mass is 219 g/mol. The van der Waals surface area contributed by atoms with Crippen LogP contribution in [0, 0.1) is 6.92 Å². The Morgan fingerprint density at radius 1 is 1.50 bits per heavy atom. The minimum atomic E-state index is -0.484. The normalized spacial score (nSPS) is 10.1. The van der Waals surface area contributed by atoms with E-state index in [0.29, 0.717) is 5.89 Å². The Kier molecular flexibility index (Phi) is 2.50. The van der Waals surface area contributed by atoms with Crippen LogP contribution in [0.25, 0.3) is 0 Å². The van der Waals surface area contributed by atoms with Crippen molar-refractivity contribution in [2.45, 2.75) is 6.92 Å². The maximum atomic E-state index is 11.7. The zero-order valence-electron chi connectivity index (χ0n) is 8.47. The third-order valence-corrected chi connectivity index (χ3v) is 1.80. The first-order valence-corrected chi connectivity index (χ1v) is 4.49. The number of carbonyl (C=O) groups excluding carboxylic acids is 1. The van der Waals surface area contributed by atoms with Gasteiger partial charge < -0.3 is 10.2 Å². The number of carbonyl (C=O) groups is 1. The molecule has 0 fully saturated rings. The number of nitrogen functional groups attached to an aromatic ring is 1. The van der Waals surface area contributed by atoms with E-state index in [4.69, 9.17) is 10.2 Å². The topological polar surface area (TPSA) is 107 Å². The molecule has 1 amide bonds. The summed E-state index contributed by atoms with van der Waals surface area (Å²) in [6, 6.07) is 3.25. The molecule has 0 atom stereocenters. The van der Waals surface area contributed by atoms with E-state index in [1.165, 1.54) is 6.20 Å². The second-order valence-electron chi connectivity index (χ2n) is 3.02. The molecule has 0 aliphatic carbocycles. The molecule has 0 saturated carbocycles.